The van der Waals surface area contributed by atoms with Crippen molar-refractivity contribution in [3.63, 3.8) is 0 Å². The Labute approximate surface area is 185 Å². The Morgan fingerprint density at radius 2 is 1.84 bits per heavy atom. The number of aliphatic hydroxyl groups is 2. The van der Waals surface area contributed by atoms with Gasteiger partial charge in [-0.15, -0.1) is 0 Å². The number of phosphoric ester groups is 1. The molecule has 1 aliphatic heterocycles. The van der Waals surface area contributed by atoms with E-state index in [1.807, 2.05) is 0 Å². The highest BCUT2D eigenvalue weighted by Gasteiger charge is 2.57. The van der Waals surface area contributed by atoms with Crippen LogP contribution in [0.25, 0.3) is 11.0 Å². The van der Waals surface area contributed by atoms with Gasteiger partial charge in [0.2, 0.25) is 0 Å². The monoisotopic (exact) mass is 587 g/mol. The van der Waals surface area contributed by atoms with Crippen LogP contribution in [0.15, 0.2) is 23.2 Å². The molecule has 21 heteroatoms. The molecule has 0 bridgehead atoms. The van der Waals surface area contributed by atoms with Crippen molar-refractivity contribution in [1.29, 1.82) is 0 Å². The van der Waals surface area contributed by atoms with Gasteiger partial charge >= 0.3 is 23.5 Å². The number of rotatable bonds is 8. The Morgan fingerprint density at radius 3 is 2.47 bits per heavy atom. The van der Waals surface area contributed by atoms with Crippen LogP contribution in [0.1, 0.15) is 6.23 Å². The minimum Gasteiger partial charge on any atom is -0.385 e. The van der Waals surface area contributed by atoms with Gasteiger partial charge in [0.15, 0.2) is 6.23 Å². The summed E-state index contributed by atoms with van der Waals surface area (Å²) < 4.78 is 66.6. The molecule has 2 unspecified atom stereocenters. The van der Waals surface area contributed by atoms with Crippen LogP contribution in [-0.2, 0) is 31.6 Å². The first-order chi connectivity index (χ1) is 14.5. The smallest absolute Gasteiger partial charge is 0.385 e. The van der Waals surface area contributed by atoms with Gasteiger partial charge in [0.1, 0.15) is 30.8 Å². The molecule has 1 fully saturated rings. The molecule has 32 heavy (non-hydrogen) atoms. The van der Waals surface area contributed by atoms with Crippen molar-refractivity contribution in [2.75, 3.05) is 6.61 Å². The normalized spacial score (nSPS) is 30.3. The molecule has 3 heterocycles. The van der Waals surface area contributed by atoms with Gasteiger partial charge in [-0.25, -0.2) is 28.1 Å². The number of ether oxygens (including phenoxy) is 1. The van der Waals surface area contributed by atoms with Gasteiger partial charge < -0.3 is 39.1 Å². The van der Waals surface area contributed by atoms with E-state index in [0.29, 0.717) is 9.86 Å². The lowest BCUT2D eigenvalue weighted by atomic mass is 10.1. The minimum absolute atomic E-state index is 0.167. The van der Waals surface area contributed by atoms with Crippen LogP contribution in [0.4, 0.5) is 4.39 Å². The summed E-state index contributed by atoms with van der Waals surface area (Å²) in [7, 11) is -17.1. The molecule has 0 spiro atoms. The maximum absolute atomic E-state index is 15.1. The van der Waals surface area contributed by atoms with Crippen molar-refractivity contribution in [1.82, 2.24) is 14.5 Å². The molecule has 1 saturated heterocycles. The number of fused-ring (bicyclic) bond motifs is 1. The fourth-order valence-electron chi connectivity index (χ4n) is 2.71. The van der Waals surface area contributed by atoms with Crippen molar-refractivity contribution in [2.45, 2.75) is 24.3 Å². The van der Waals surface area contributed by atoms with Crippen molar-refractivity contribution in [3.8, 4) is 0 Å². The Balaban J connectivity index is 1.76. The van der Waals surface area contributed by atoms with Gasteiger partial charge in [-0.3, -0.25) is 4.52 Å². The van der Waals surface area contributed by atoms with Crippen LogP contribution in [0.2, 0.25) is 0 Å². The first-order valence-electron chi connectivity index (χ1n) is 8.01. The fourth-order valence-corrected chi connectivity index (χ4v) is 6.24. The molecule has 6 atom stereocenters. The molecule has 180 valence electrons. The van der Waals surface area contributed by atoms with Crippen molar-refractivity contribution >= 4 is 50.4 Å². The van der Waals surface area contributed by atoms with E-state index < -0.39 is 54.4 Å². The lowest BCUT2D eigenvalue weighted by molar-refractivity contribution is -0.203. The largest absolute Gasteiger partial charge is 0.490 e. The number of halogens is 2. The SMILES string of the molecule is O=P(O)(O)OP(=O)(O)OP(=O)(O)OC[C@@]1(F)O[C@@H](n2cc(Br)c3cncnc32)[C@H](O)[C@@H]1O. The molecular formula is C11H14BrFN3O13P3. The lowest BCUT2D eigenvalue weighted by Gasteiger charge is -2.24. The summed E-state index contributed by atoms with van der Waals surface area (Å²) in [5, 5.41) is 20.8. The Hall–Kier alpha value is -0.680. The number of nitrogens with zero attached hydrogens (tertiary/aromatic N) is 3. The summed E-state index contributed by atoms with van der Waals surface area (Å²) in [5.41, 5.74) is 0.167. The molecular weight excluding hydrogens is 574 g/mol. The summed E-state index contributed by atoms with van der Waals surface area (Å²) in [5.74, 6) is -3.34. The second kappa shape index (κ2) is 8.83. The van der Waals surface area contributed by atoms with Crippen LogP contribution in [-0.4, -0.2) is 69.0 Å². The summed E-state index contributed by atoms with van der Waals surface area (Å²) in [6.45, 7) is -1.62. The molecule has 0 amide bonds. The molecule has 0 aromatic carbocycles. The van der Waals surface area contributed by atoms with E-state index in [1.165, 1.54) is 12.4 Å². The molecule has 1 aliphatic rings. The average Bonchev–Trinajstić information content (AvgIpc) is 3.08. The Morgan fingerprint density at radius 1 is 1.19 bits per heavy atom. The first-order valence-corrected chi connectivity index (χ1v) is 13.3. The third-order valence-electron chi connectivity index (χ3n) is 3.93. The van der Waals surface area contributed by atoms with Crippen LogP contribution >= 0.6 is 39.4 Å². The number of aliphatic hydroxyl groups excluding tert-OH is 2. The van der Waals surface area contributed by atoms with Gasteiger partial charge in [0, 0.05) is 16.9 Å². The average molecular weight is 588 g/mol. The first kappa shape index (κ1) is 25.9. The summed E-state index contributed by atoms with van der Waals surface area (Å²) >= 11 is 3.21. The van der Waals surface area contributed by atoms with Gasteiger partial charge in [0.05, 0.1) is 5.39 Å². The van der Waals surface area contributed by atoms with Crippen molar-refractivity contribution in [3.05, 3.63) is 23.2 Å². The van der Waals surface area contributed by atoms with E-state index in [9.17, 15) is 28.8 Å². The van der Waals surface area contributed by atoms with Gasteiger partial charge in [-0.05, 0) is 15.9 Å². The highest BCUT2D eigenvalue weighted by atomic mass is 79.9. The van der Waals surface area contributed by atoms with Crippen LogP contribution in [0, 0.1) is 0 Å². The minimum atomic E-state index is -5.83. The molecule has 2 aromatic rings. The highest BCUT2D eigenvalue weighted by molar-refractivity contribution is 9.10. The molecule has 0 radical (unpaired) electrons. The van der Waals surface area contributed by atoms with E-state index in [1.54, 1.807) is 0 Å². The van der Waals surface area contributed by atoms with Crippen molar-refractivity contribution < 1.29 is 65.8 Å². The van der Waals surface area contributed by atoms with Crippen LogP contribution in [0.3, 0.4) is 0 Å². The maximum atomic E-state index is 15.1. The van der Waals surface area contributed by atoms with E-state index in [0.717, 1.165) is 10.9 Å². The van der Waals surface area contributed by atoms with Crippen molar-refractivity contribution in [2.24, 2.45) is 0 Å². The Bertz CT molecular complexity index is 1160. The molecule has 6 N–H and O–H groups in total. The molecule has 3 rings (SSSR count). The van der Waals surface area contributed by atoms with E-state index in [2.05, 4.69) is 39.0 Å². The van der Waals surface area contributed by atoms with Crippen LogP contribution < -0.4 is 0 Å². The van der Waals surface area contributed by atoms with E-state index >= 15 is 4.39 Å². The summed E-state index contributed by atoms with van der Waals surface area (Å²) in [6.07, 6.45) is -2.00. The van der Waals surface area contributed by atoms with Crippen LogP contribution in [0.5, 0.6) is 0 Å². The lowest BCUT2D eigenvalue weighted by Crippen LogP contribution is -2.42. The summed E-state index contributed by atoms with van der Waals surface area (Å²) in [4.78, 5) is 43.3. The maximum Gasteiger partial charge on any atom is 0.490 e. The molecule has 0 aliphatic carbocycles. The predicted molar refractivity (Wildman–Crippen MR) is 101 cm³/mol. The standard InChI is InChI=1S/C11H14BrFN3O13P3/c12-6-2-16(9-5(6)1-14-4-15-9)10-7(17)8(18)11(13,27-10)3-26-31(22,23)29-32(24,25)28-30(19,20)21/h1-2,4,7-8,10,17-18H,3H2,(H,22,23)(H,24,25)(H2,19,20,21)/t7-,8+,10-,11-/m1/s1. The number of phosphoric acid groups is 3. The number of hydrogen-bond acceptors (Lipinski definition) is 11. The molecule has 16 nitrogen and oxygen atoms in total. The second-order valence-corrected chi connectivity index (χ2v) is 11.5. The quantitative estimate of drug-likeness (QED) is 0.230. The zero-order valence-electron chi connectivity index (χ0n) is 15.2. The highest BCUT2D eigenvalue weighted by Crippen LogP contribution is 2.66. The van der Waals surface area contributed by atoms with E-state index in [-0.39, 0.29) is 5.65 Å². The third kappa shape index (κ3) is 5.68. The topological polar surface area (TPSA) is 240 Å². The molecule has 2 aromatic heterocycles. The third-order valence-corrected chi connectivity index (χ3v) is 8.35. The number of alkyl halides is 1. The van der Waals surface area contributed by atoms with Gasteiger partial charge in [-0.1, -0.05) is 0 Å². The summed E-state index contributed by atoms with van der Waals surface area (Å²) in [6, 6.07) is 0. The predicted octanol–water partition coefficient (Wildman–Crippen LogP) is 0.453. The fraction of sp³-hybridized carbons (Fsp3) is 0.455. The van der Waals surface area contributed by atoms with Gasteiger partial charge in [-0.2, -0.15) is 8.62 Å². The second-order valence-electron chi connectivity index (χ2n) is 6.24. The number of hydrogen-bond donors (Lipinski definition) is 6. The van der Waals surface area contributed by atoms with E-state index in [4.69, 9.17) is 19.4 Å². The number of aromatic nitrogens is 3. The zero-order chi connectivity index (χ0) is 24.1. The Kier molecular flexibility index (Phi) is 7.16. The molecule has 0 saturated carbocycles. The van der Waals surface area contributed by atoms with Gasteiger partial charge in [0.25, 0.3) is 5.85 Å². The zero-order valence-corrected chi connectivity index (χ0v) is 19.4.